The van der Waals surface area contributed by atoms with Gasteiger partial charge in [-0.1, -0.05) is 23.4 Å². The summed E-state index contributed by atoms with van der Waals surface area (Å²) in [5.41, 5.74) is 2.36. The van der Waals surface area contributed by atoms with E-state index in [9.17, 15) is 13.2 Å². The van der Waals surface area contributed by atoms with Gasteiger partial charge < -0.3 is 9.84 Å². The Balaban J connectivity index is 1.73. The van der Waals surface area contributed by atoms with Crippen molar-refractivity contribution in [3.05, 3.63) is 70.9 Å². The SMILES string of the molecule is Cc1cccc(NS(=O)(=O)c2ccc(C)c(C(=O)NCCc3nc(C)no3)c2)c1. The van der Waals surface area contributed by atoms with Crippen LogP contribution in [0, 0.1) is 20.8 Å². The molecule has 0 unspecified atom stereocenters. The number of benzene rings is 2. The third-order valence-electron chi connectivity index (χ3n) is 4.23. The molecular weight excluding hydrogens is 392 g/mol. The van der Waals surface area contributed by atoms with Crippen LogP contribution >= 0.6 is 0 Å². The Labute approximate surface area is 169 Å². The van der Waals surface area contributed by atoms with Gasteiger partial charge in [-0.3, -0.25) is 9.52 Å². The fourth-order valence-electron chi connectivity index (χ4n) is 2.76. The fraction of sp³-hybridized carbons (Fsp3) is 0.250. The molecule has 3 aromatic rings. The summed E-state index contributed by atoms with van der Waals surface area (Å²) in [6, 6.07) is 11.5. The monoisotopic (exact) mass is 414 g/mol. The average molecular weight is 414 g/mol. The first kappa shape index (κ1) is 20.5. The lowest BCUT2D eigenvalue weighted by Crippen LogP contribution is -2.27. The molecule has 0 fully saturated rings. The molecule has 2 aromatic carbocycles. The van der Waals surface area contributed by atoms with E-state index >= 15 is 0 Å². The molecule has 0 saturated carbocycles. The molecule has 0 aliphatic rings. The van der Waals surface area contributed by atoms with Crippen molar-refractivity contribution in [1.82, 2.24) is 15.5 Å². The van der Waals surface area contributed by atoms with Gasteiger partial charge in [0.15, 0.2) is 5.82 Å². The molecule has 29 heavy (non-hydrogen) atoms. The van der Waals surface area contributed by atoms with E-state index < -0.39 is 10.0 Å². The summed E-state index contributed by atoms with van der Waals surface area (Å²) < 4.78 is 33.0. The van der Waals surface area contributed by atoms with E-state index in [2.05, 4.69) is 20.2 Å². The van der Waals surface area contributed by atoms with E-state index in [1.54, 1.807) is 38.1 Å². The van der Waals surface area contributed by atoms with Crippen LogP contribution in [0.5, 0.6) is 0 Å². The molecule has 0 atom stereocenters. The molecule has 0 aliphatic heterocycles. The zero-order chi connectivity index (χ0) is 21.0. The van der Waals surface area contributed by atoms with Gasteiger partial charge in [0.1, 0.15) is 0 Å². The van der Waals surface area contributed by atoms with Gasteiger partial charge in [0.05, 0.1) is 4.90 Å². The molecule has 152 valence electrons. The molecule has 0 aliphatic carbocycles. The van der Waals surface area contributed by atoms with Crippen molar-refractivity contribution < 1.29 is 17.7 Å². The first-order chi connectivity index (χ1) is 13.7. The molecule has 1 heterocycles. The molecule has 9 heteroatoms. The maximum absolute atomic E-state index is 12.7. The molecular formula is C20H22N4O4S. The minimum Gasteiger partial charge on any atom is -0.352 e. The summed E-state index contributed by atoms with van der Waals surface area (Å²) in [5.74, 6) is 0.589. The molecule has 0 bridgehead atoms. The predicted octanol–water partition coefficient (Wildman–Crippen LogP) is 2.77. The van der Waals surface area contributed by atoms with Crippen molar-refractivity contribution in [2.45, 2.75) is 32.1 Å². The second kappa shape index (κ2) is 8.44. The number of aryl methyl sites for hydroxylation is 3. The Morgan fingerprint density at radius 3 is 2.59 bits per heavy atom. The van der Waals surface area contributed by atoms with Crippen molar-refractivity contribution in [2.24, 2.45) is 0 Å². The Hall–Kier alpha value is -3.20. The van der Waals surface area contributed by atoms with Crippen LogP contribution in [-0.2, 0) is 16.4 Å². The average Bonchev–Trinajstić information content (AvgIpc) is 3.06. The molecule has 0 saturated heterocycles. The summed E-state index contributed by atoms with van der Waals surface area (Å²) in [4.78, 5) is 16.6. The van der Waals surface area contributed by atoms with Crippen LogP contribution in [0.4, 0.5) is 5.69 Å². The highest BCUT2D eigenvalue weighted by Crippen LogP contribution is 2.20. The first-order valence-corrected chi connectivity index (χ1v) is 10.5. The standard InChI is InChI=1S/C20H22N4O4S/c1-13-5-4-6-16(11-13)24-29(26,27)17-8-7-14(2)18(12-17)20(25)21-10-9-19-22-15(3)23-28-19/h4-8,11-12,24H,9-10H2,1-3H3,(H,21,25). The van der Waals surface area contributed by atoms with E-state index in [-0.39, 0.29) is 10.8 Å². The highest BCUT2D eigenvalue weighted by Gasteiger charge is 2.18. The number of aromatic nitrogens is 2. The van der Waals surface area contributed by atoms with Gasteiger partial charge >= 0.3 is 0 Å². The third kappa shape index (κ3) is 5.20. The quantitative estimate of drug-likeness (QED) is 0.614. The van der Waals surface area contributed by atoms with Crippen LogP contribution in [-0.4, -0.2) is 31.0 Å². The van der Waals surface area contributed by atoms with Crippen LogP contribution in [0.15, 0.2) is 51.9 Å². The number of anilines is 1. The Kier molecular flexibility index (Phi) is 5.97. The second-order valence-electron chi connectivity index (χ2n) is 6.69. The summed E-state index contributed by atoms with van der Waals surface area (Å²) in [6.45, 7) is 5.63. The number of sulfonamides is 1. The van der Waals surface area contributed by atoms with Crippen LogP contribution in [0.3, 0.4) is 0 Å². The second-order valence-corrected chi connectivity index (χ2v) is 8.38. The van der Waals surface area contributed by atoms with Crippen molar-refractivity contribution in [3.8, 4) is 0 Å². The number of carbonyl (C=O) groups excluding carboxylic acids is 1. The summed E-state index contributed by atoms with van der Waals surface area (Å²) >= 11 is 0. The molecule has 1 amide bonds. The zero-order valence-corrected chi connectivity index (χ0v) is 17.2. The topological polar surface area (TPSA) is 114 Å². The molecule has 8 nitrogen and oxygen atoms in total. The minimum atomic E-state index is -3.83. The number of nitrogens with one attached hydrogen (secondary N) is 2. The highest BCUT2D eigenvalue weighted by atomic mass is 32.2. The van der Waals surface area contributed by atoms with Crippen LogP contribution in [0.25, 0.3) is 0 Å². The van der Waals surface area contributed by atoms with Gasteiger partial charge in [0.2, 0.25) is 5.89 Å². The van der Waals surface area contributed by atoms with Gasteiger partial charge in [0, 0.05) is 24.2 Å². The maximum atomic E-state index is 12.7. The van der Waals surface area contributed by atoms with Crippen molar-refractivity contribution in [2.75, 3.05) is 11.3 Å². The maximum Gasteiger partial charge on any atom is 0.261 e. The molecule has 3 rings (SSSR count). The molecule has 1 aromatic heterocycles. The zero-order valence-electron chi connectivity index (χ0n) is 16.4. The Morgan fingerprint density at radius 2 is 1.90 bits per heavy atom. The van der Waals surface area contributed by atoms with Gasteiger partial charge in [0.25, 0.3) is 15.9 Å². The lowest BCUT2D eigenvalue weighted by atomic mass is 10.1. The van der Waals surface area contributed by atoms with Crippen LogP contribution < -0.4 is 10.0 Å². The van der Waals surface area contributed by atoms with Crippen molar-refractivity contribution in [1.29, 1.82) is 0 Å². The van der Waals surface area contributed by atoms with E-state index in [4.69, 9.17) is 4.52 Å². The van der Waals surface area contributed by atoms with Gasteiger partial charge in [-0.2, -0.15) is 4.98 Å². The number of rotatable bonds is 7. The van der Waals surface area contributed by atoms with Crippen molar-refractivity contribution in [3.63, 3.8) is 0 Å². The van der Waals surface area contributed by atoms with Gasteiger partial charge in [-0.05, 0) is 56.2 Å². The number of carbonyl (C=O) groups is 1. The predicted molar refractivity (Wildman–Crippen MR) is 108 cm³/mol. The Bertz CT molecular complexity index is 1140. The molecule has 2 N–H and O–H groups in total. The molecule has 0 radical (unpaired) electrons. The minimum absolute atomic E-state index is 0.0160. The highest BCUT2D eigenvalue weighted by molar-refractivity contribution is 7.92. The summed E-state index contributed by atoms with van der Waals surface area (Å²) in [7, 11) is -3.83. The lowest BCUT2D eigenvalue weighted by Gasteiger charge is -2.12. The number of nitrogens with zero attached hydrogens (tertiary/aromatic N) is 2. The van der Waals surface area contributed by atoms with Gasteiger partial charge in [-0.15, -0.1) is 0 Å². The lowest BCUT2D eigenvalue weighted by molar-refractivity contribution is 0.0952. The summed E-state index contributed by atoms with van der Waals surface area (Å²) in [6.07, 6.45) is 0.387. The largest absolute Gasteiger partial charge is 0.352 e. The number of hydrogen-bond acceptors (Lipinski definition) is 6. The first-order valence-electron chi connectivity index (χ1n) is 9.02. The van der Waals surface area contributed by atoms with Crippen LogP contribution in [0.1, 0.15) is 33.2 Å². The van der Waals surface area contributed by atoms with E-state index in [0.29, 0.717) is 41.5 Å². The van der Waals surface area contributed by atoms with E-state index in [1.807, 2.05) is 13.0 Å². The van der Waals surface area contributed by atoms with Crippen LogP contribution in [0.2, 0.25) is 0 Å². The molecule has 0 spiro atoms. The van der Waals surface area contributed by atoms with Gasteiger partial charge in [-0.25, -0.2) is 8.42 Å². The third-order valence-corrected chi connectivity index (χ3v) is 5.61. The normalized spacial score (nSPS) is 11.3. The smallest absolute Gasteiger partial charge is 0.261 e. The van der Waals surface area contributed by atoms with E-state index in [0.717, 1.165) is 5.56 Å². The van der Waals surface area contributed by atoms with E-state index in [1.165, 1.54) is 12.1 Å². The number of amides is 1. The van der Waals surface area contributed by atoms with Crippen molar-refractivity contribution >= 4 is 21.6 Å². The fourth-order valence-corrected chi connectivity index (χ4v) is 3.83. The number of hydrogen-bond donors (Lipinski definition) is 2. The Morgan fingerprint density at radius 1 is 1.10 bits per heavy atom. The summed E-state index contributed by atoms with van der Waals surface area (Å²) in [5, 5.41) is 6.44.